The summed E-state index contributed by atoms with van der Waals surface area (Å²) < 4.78 is 5.20. The maximum atomic E-state index is 12.5. The molecule has 5 nitrogen and oxygen atoms in total. The zero-order chi connectivity index (χ0) is 17.8. The number of anilines is 2. The number of piperazine rings is 1. The van der Waals surface area contributed by atoms with Gasteiger partial charge in [0.25, 0.3) is 0 Å². The average Bonchev–Trinajstić information content (AvgIpc) is 2.64. The Morgan fingerprint density at radius 2 is 1.68 bits per heavy atom. The van der Waals surface area contributed by atoms with Gasteiger partial charge in [-0.25, -0.2) is 4.79 Å². The minimum absolute atomic E-state index is 0.0265. The summed E-state index contributed by atoms with van der Waals surface area (Å²) in [5.41, 5.74) is 4.33. The Labute approximate surface area is 149 Å². The van der Waals surface area contributed by atoms with Crippen LogP contribution in [0.25, 0.3) is 0 Å². The van der Waals surface area contributed by atoms with E-state index in [1.165, 1.54) is 5.56 Å². The molecule has 1 aliphatic heterocycles. The molecule has 0 aliphatic carbocycles. The fourth-order valence-corrected chi connectivity index (χ4v) is 3.11. The number of amides is 2. The molecule has 1 N–H and O–H groups in total. The van der Waals surface area contributed by atoms with Crippen LogP contribution in [0.2, 0.25) is 0 Å². The average molecular weight is 339 g/mol. The largest absolute Gasteiger partial charge is 0.497 e. The fraction of sp³-hybridized carbons (Fsp3) is 0.350. The van der Waals surface area contributed by atoms with Crippen molar-refractivity contribution in [3.63, 3.8) is 0 Å². The van der Waals surface area contributed by atoms with Gasteiger partial charge in [0, 0.05) is 37.6 Å². The third kappa shape index (κ3) is 4.05. The number of carbonyl (C=O) groups is 1. The van der Waals surface area contributed by atoms with E-state index in [4.69, 9.17) is 4.74 Å². The van der Waals surface area contributed by atoms with E-state index in [2.05, 4.69) is 35.3 Å². The molecule has 1 aliphatic rings. The Hall–Kier alpha value is -2.69. The van der Waals surface area contributed by atoms with Crippen molar-refractivity contribution in [2.75, 3.05) is 43.5 Å². The van der Waals surface area contributed by atoms with Gasteiger partial charge in [0.05, 0.1) is 7.11 Å². The predicted molar refractivity (Wildman–Crippen MR) is 102 cm³/mol. The molecule has 5 heteroatoms. The molecule has 0 spiro atoms. The molecule has 2 aromatic carbocycles. The first-order valence-corrected chi connectivity index (χ1v) is 8.59. The second kappa shape index (κ2) is 7.47. The second-order valence-electron chi connectivity index (χ2n) is 6.42. The highest BCUT2D eigenvalue weighted by Crippen LogP contribution is 2.21. The third-order valence-corrected chi connectivity index (χ3v) is 4.63. The van der Waals surface area contributed by atoms with Crippen LogP contribution < -0.4 is 15.0 Å². The summed E-state index contributed by atoms with van der Waals surface area (Å²) in [4.78, 5) is 16.7. The van der Waals surface area contributed by atoms with E-state index in [0.29, 0.717) is 13.1 Å². The van der Waals surface area contributed by atoms with Crippen LogP contribution in [0.15, 0.2) is 42.5 Å². The number of rotatable bonds is 3. The van der Waals surface area contributed by atoms with Gasteiger partial charge in [0.15, 0.2) is 0 Å². The van der Waals surface area contributed by atoms with Crippen molar-refractivity contribution in [3.05, 3.63) is 53.6 Å². The summed E-state index contributed by atoms with van der Waals surface area (Å²) in [5.74, 6) is 0.857. The number of urea groups is 1. The summed E-state index contributed by atoms with van der Waals surface area (Å²) in [6.07, 6.45) is 0. The highest BCUT2D eigenvalue weighted by Gasteiger charge is 2.21. The van der Waals surface area contributed by atoms with Gasteiger partial charge in [-0.2, -0.15) is 0 Å². The normalized spacial score (nSPS) is 14.4. The van der Waals surface area contributed by atoms with E-state index in [-0.39, 0.29) is 6.03 Å². The number of hydrogen-bond acceptors (Lipinski definition) is 3. The number of methoxy groups -OCH3 is 1. The topological polar surface area (TPSA) is 44.8 Å². The van der Waals surface area contributed by atoms with E-state index in [1.54, 1.807) is 7.11 Å². The van der Waals surface area contributed by atoms with Gasteiger partial charge in [-0.1, -0.05) is 17.7 Å². The predicted octanol–water partition coefficient (Wildman–Crippen LogP) is 3.67. The first-order valence-electron chi connectivity index (χ1n) is 8.59. The van der Waals surface area contributed by atoms with E-state index in [9.17, 15) is 4.79 Å². The van der Waals surface area contributed by atoms with Gasteiger partial charge in [-0.05, 0) is 49.7 Å². The zero-order valence-corrected chi connectivity index (χ0v) is 15.1. The minimum atomic E-state index is -0.0265. The Morgan fingerprint density at radius 3 is 2.28 bits per heavy atom. The van der Waals surface area contributed by atoms with Crippen LogP contribution in [-0.4, -0.2) is 44.2 Å². The monoisotopic (exact) mass is 339 g/mol. The van der Waals surface area contributed by atoms with Crippen molar-refractivity contribution in [2.24, 2.45) is 0 Å². The fourth-order valence-electron chi connectivity index (χ4n) is 3.11. The third-order valence-electron chi connectivity index (χ3n) is 4.63. The Morgan fingerprint density at radius 1 is 1.00 bits per heavy atom. The first-order chi connectivity index (χ1) is 12.1. The number of nitrogens with one attached hydrogen (secondary N) is 1. The van der Waals surface area contributed by atoms with E-state index in [0.717, 1.165) is 35.8 Å². The molecule has 0 unspecified atom stereocenters. The molecule has 2 amide bonds. The van der Waals surface area contributed by atoms with Gasteiger partial charge in [-0.3, -0.25) is 0 Å². The Bertz CT molecular complexity index is 735. The van der Waals surface area contributed by atoms with Gasteiger partial charge in [0.1, 0.15) is 5.75 Å². The number of hydrogen-bond donors (Lipinski definition) is 1. The second-order valence-corrected chi connectivity index (χ2v) is 6.42. The SMILES string of the molecule is COc1ccc(N2CCN(C(=O)Nc3ccc(C)cc3C)CC2)cc1. The summed E-state index contributed by atoms with van der Waals surface area (Å²) >= 11 is 0. The number of nitrogens with zero attached hydrogens (tertiary/aromatic N) is 2. The maximum Gasteiger partial charge on any atom is 0.321 e. The van der Waals surface area contributed by atoms with Crippen molar-refractivity contribution < 1.29 is 9.53 Å². The van der Waals surface area contributed by atoms with Gasteiger partial charge >= 0.3 is 6.03 Å². The lowest BCUT2D eigenvalue weighted by Crippen LogP contribution is -2.50. The van der Waals surface area contributed by atoms with Crippen LogP contribution >= 0.6 is 0 Å². The standard InChI is InChI=1S/C20H25N3O2/c1-15-4-9-19(16(2)14-15)21-20(24)23-12-10-22(11-13-23)17-5-7-18(25-3)8-6-17/h4-9,14H,10-13H2,1-3H3,(H,21,24). The molecule has 25 heavy (non-hydrogen) atoms. The highest BCUT2D eigenvalue weighted by molar-refractivity contribution is 5.90. The van der Waals surface area contributed by atoms with Crippen LogP contribution in [-0.2, 0) is 0 Å². The van der Waals surface area contributed by atoms with E-state index in [1.807, 2.05) is 36.1 Å². The Kier molecular flexibility index (Phi) is 5.12. The molecule has 0 atom stereocenters. The molecule has 1 heterocycles. The molecule has 2 aromatic rings. The minimum Gasteiger partial charge on any atom is -0.497 e. The quantitative estimate of drug-likeness (QED) is 0.928. The van der Waals surface area contributed by atoms with Crippen LogP contribution in [0, 0.1) is 13.8 Å². The molecular weight excluding hydrogens is 314 g/mol. The van der Waals surface area contributed by atoms with Crippen molar-refractivity contribution >= 4 is 17.4 Å². The zero-order valence-electron chi connectivity index (χ0n) is 15.1. The maximum absolute atomic E-state index is 12.5. The summed E-state index contributed by atoms with van der Waals surface area (Å²) in [5, 5.41) is 3.03. The van der Waals surface area contributed by atoms with Crippen molar-refractivity contribution in [1.29, 1.82) is 0 Å². The molecule has 3 rings (SSSR count). The van der Waals surface area contributed by atoms with Crippen molar-refractivity contribution in [3.8, 4) is 5.75 Å². The number of carbonyl (C=O) groups excluding carboxylic acids is 1. The summed E-state index contributed by atoms with van der Waals surface area (Å²) in [6.45, 7) is 7.14. The molecule has 0 saturated carbocycles. The summed E-state index contributed by atoms with van der Waals surface area (Å²) in [6, 6.07) is 14.1. The van der Waals surface area contributed by atoms with Gasteiger partial charge in [0.2, 0.25) is 0 Å². The van der Waals surface area contributed by atoms with Crippen LogP contribution in [0.1, 0.15) is 11.1 Å². The summed E-state index contributed by atoms with van der Waals surface area (Å²) in [7, 11) is 1.67. The smallest absolute Gasteiger partial charge is 0.321 e. The van der Waals surface area contributed by atoms with Crippen molar-refractivity contribution in [1.82, 2.24) is 4.90 Å². The van der Waals surface area contributed by atoms with Crippen LogP contribution in [0.4, 0.5) is 16.2 Å². The van der Waals surface area contributed by atoms with Gasteiger partial charge < -0.3 is 19.9 Å². The van der Waals surface area contributed by atoms with Crippen molar-refractivity contribution in [2.45, 2.75) is 13.8 Å². The molecule has 0 radical (unpaired) electrons. The number of aryl methyl sites for hydroxylation is 2. The number of benzene rings is 2. The van der Waals surface area contributed by atoms with E-state index >= 15 is 0 Å². The molecular formula is C20H25N3O2. The lowest BCUT2D eigenvalue weighted by atomic mass is 10.1. The molecule has 0 aromatic heterocycles. The molecule has 1 fully saturated rings. The lowest BCUT2D eigenvalue weighted by molar-refractivity contribution is 0.208. The first kappa shape index (κ1) is 17.1. The lowest BCUT2D eigenvalue weighted by Gasteiger charge is -2.36. The van der Waals surface area contributed by atoms with Crippen LogP contribution in [0.5, 0.6) is 5.75 Å². The molecule has 1 saturated heterocycles. The van der Waals surface area contributed by atoms with Gasteiger partial charge in [-0.15, -0.1) is 0 Å². The highest BCUT2D eigenvalue weighted by atomic mass is 16.5. The molecule has 132 valence electrons. The van der Waals surface area contributed by atoms with E-state index < -0.39 is 0 Å². The van der Waals surface area contributed by atoms with Crippen LogP contribution in [0.3, 0.4) is 0 Å². The number of ether oxygens (including phenoxy) is 1. The molecule has 0 bridgehead atoms. The Balaban J connectivity index is 1.56.